The number of carboxylic acid groups (broad SMARTS) is 1. The number of carboxylic acids is 1. The molecule has 0 aliphatic carbocycles. The number of alkyl halides is 3. The number of ether oxygens (including phenoxy) is 2. The number of aliphatic carboxylic acids is 1. The maximum absolute atomic E-state index is 14.0. The lowest BCUT2D eigenvalue weighted by molar-refractivity contribution is -0.147. The highest BCUT2D eigenvalue weighted by Gasteiger charge is 2.42. The molecule has 246 valence electrons. The third kappa shape index (κ3) is 6.28. The fourth-order valence-corrected chi connectivity index (χ4v) is 7.03. The molecule has 5 heterocycles. The molecule has 0 spiro atoms. The Hall–Kier alpha value is -4.15. The number of sulfonamides is 1. The zero-order valence-corrected chi connectivity index (χ0v) is 26.4. The van der Waals surface area contributed by atoms with Crippen LogP contribution < -0.4 is 4.74 Å². The predicted octanol–water partition coefficient (Wildman–Crippen LogP) is 4.39. The van der Waals surface area contributed by atoms with E-state index in [0.29, 0.717) is 41.0 Å². The van der Waals surface area contributed by atoms with Crippen LogP contribution in [0.4, 0.5) is 13.2 Å². The van der Waals surface area contributed by atoms with Gasteiger partial charge in [-0.05, 0) is 80.6 Å². The van der Waals surface area contributed by atoms with E-state index in [2.05, 4.69) is 20.2 Å². The summed E-state index contributed by atoms with van der Waals surface area (Å²) in [5.74, 6) is -3.38. The lowest BCUT2D eigenvalue weighted by Gasteiger charge is -2.32. The molecule has 1 N–H and O–H groups in total. The molecular weight excluding hydrogens is 629 g/mol. The first-order valence-corrected chi connectivity index (χ1v) is 15.8. The molecule has 12 nitrogen and oxygen atoms in total. The number of rotatable bonds is 6. The molecule has 0 saturated heterocycles. The van der Waals surface area contributed by atoms with Crippen LogP contribution in [0.5, 0.6) is 5.88 Å². The molecule has 1 aliphatic rings. The maximum Gasteiger partial charge on any atom is 0.452 e. The molecule has 0 fully saturated rings. The molecule has 1 aliphatic heterocycles. The Morgan fingerprint density at radius 3 is 2.59 bits per heavy atom. The number of hydrogen-bond donors (Lipinski definition) is 1. The van der Waals surface area contributed by atoms with Gasteiger partial charge in [-0.2, -0.15) is 17.5 Å². The second-order valence-electron chi connectivity index (χ2n) is 11.6. The molecule has 0 radical (unpaired) electrons. The van der Waals surface area contributed by atoms with Gasteiger partial charge < -0.3 is 14.6 Å². The van der Waals surface area contributed by atoms with Crippen LogP contribution in [0, 0.1) is 19.3 Å². The van der Waals surface area contributed by atoms with E-state index in [0.717, 1.165) is 10.6 Å². The van der Waals surface area contributed by atoms with Crippen molar-refractivity contribution in [1.82, 2.24) is 28.9 Å². The van der Waals surface area contributed by atoms with E-state index >= 15 is 0 Å². The fourth-order valence-electron chi connectivity index (χ4n) is 5.49. The number of halogens is 3. The first-order chi connectivity index (χ1) is 21.6. The van der Waals surface area contributed by atoms with Crippen LogP contribution >= 0.6 is 0 Å². The normalized spacial score (nSPS) is 17.1. The van der Waals surface area contributed by atoms with E-state index < -0.39 is 39.3 Å². The van der Waals surface area contributed by atoms with Gasteiger partial charge in [0, 0.05) is 49.9 Å². The molecule has 4 aromatic heterocycles. The van der Waals surface area contributed by atoms with Gasteiger partial charge >= 0.3 is 12.1 Å². The van der Waals surface area contributed by atoms with E-state index in [1.54, 1.807) is 19.9 Å². The summed E-state index contributed by atoms with van der Waals surface area (Å²) in [6.07, 6.45) is -0.219. The molecular formula is C30H33F3N6O6S. The zero-order valence-electron chi connectivity index (χ0n) is 25.6. The SMILES string of the molecule is Cc1cnc([C@H](c2ccn3c(C(F)(F)F)nnc3c2C)C(C)(C)C(=O)O)cc1CN1CCCOCCOc2ncccc2S1(=O)=O. The highest BCUT2D eigenvalue weighted by Crippen LogP contribution is 2.43. The average Bonchev–Trinajstić information content (AvgIpc) is 3.43. The standard InChI is InChI=1S/C30H33F3N6O6S/c1-18-16-35-22(15-20(18)17-38-10-6-12-44-13-14-45-26-23(46(38,42)43)7-5-9-34-26)24(29(3,4)28(40)41)21-8-11-39-25(19(21)2)36-37-27(39)30(31,32)33/h5,7-9,11,15-16,24H,6,10,12-14,17H2,1-4H3,(H,40,41)/t24-/m0/s1. The van der Waals surface area contributed by atoms with Gasteiger partial charge in [-0.15, -0.1) is 10.2 Å². The first-order valence-electron chi connectivity index (χ1n) is 14.4. The Morgan fingerprint density at radius 2 is 1.87 bits per heavy atom. The van der Waals surface area contributed by atoms with Crippen LogP contribution in [-0.4, -0.2) is 74.7 Å². The van der Waals surface area contributed by atoms with Crippen LogP contribution in [0.2, 0.25) is 0 Å². The van der Waals surface area contributed by atoms with Crippen molar-refractivity contribution >= 4 is 21.6 Å². The number of aryl methyl sites for hydroxylation is 2. The highest BCUT2D eigenvalue weighted by atomic mass is 32.2. The summed E-state index contributed by atoms with van der Waals surface area (Å²) in [4.78, 5) is 21.2. The van der Waals surface area contributed by atoms with E-state index in [1.165, 1.54) is 48.7 Å². The largest absolute Gasteiger partial charge is 0.481 e. The minimum absolute atomic E-state index is 0.0403. The van der Waals surface area contributed by atoms with Crippen LogP contribution in [-0.2, 0) is 32.3 Å². The number of carbonyl (C=O) groups is 1. The number of nitrogens with zero attached hydrogens (tertiary/aromatic N) is 6. The van der Waals surface area contributed by atoms with E-state index in [9.17, 15) is 31.5 Å². The fraction of sp³-hybridized carbons (Fsp3) is 0.433. The van der Waals surface area contributed by atoms with Crippen molar-refractivity contribution in [2.75, 3.05) is 26.4 Å². The lowest BCUT2D eigenvalue weighted by atomic mass is 9.71. The monoisotopic (exact) mass is 662 g/mol. The number of fused-ring (bicyclic) bond motifs is 2. The van der Waals surface area contributed by atoms with Gasteiger partial charge in [-0.3, -0.25) is 14.2 Å². The van der Waals surface area contributed by atoms with Crippen LogP contribution in [0.25, 0.3) is 5.65 Å². The molecule has 4 aromatic rings. The van der Waals surface area contributed by atoms with Gasteiger partial charge in [-0.25, -0.2) is 13.4 Å². The third-order valence-electron chi connectivity index (χ3n) is 8.10. The van der Waals surface area contributed by atoms with Crippen molar-refractivity contribution in [3.8, 4) is 5.88 Å². The summed E-state index contributed by atoms with van der Waals surface area (Å²) in [5, 5.41) is 17.4. The molecule has 16 heteroatoms. The van der Waals surface area contributed by atoms with Crippen LogP contribution in [0.3, 0.4) is 0 Å². The van der Waals surface area contributed by atoms with Crippen molar-refractivity contribution in [1.29, 1.82) is 0 Å². The van der Waals surface area contributed by atoms with Gasteiger partial charge in [0.15, 0.2) is 5.65 Å². The number of pyridine rings is 3. The van der Waals surface area contributed by atoms with Gasteiger partial charge in [0.1, 0.15) is 11.5 Å². The van der Waals surface area contributed by atoms with Crippen molar-refractivity contribution in [2.24, 2.45) is 5.41 Å². The highest BCUT2D eigenvalue weighted by molar-refractivity contribution is 7.89. The van der Waals surface area contributed by atoms with Crippen LogP contribution in [0.15, 0.2) is 47.8 Å². The van der Waals surface area contributed by atoms with E-state index in [1.807, 2.05) is 0 Å². The second kappa shape index (κ2) is 12.6. The molecule has 5 rings (SSSR count). The van der Waals surface area contributed by atoms with Gasteiger partial charge in [-0.1, -0.05) is 0 Å². The van der Waals surface area contributed by atoms with Crippen molar-refractivity contribution in [3.05, 3.63) is 76.6 Å². The minimum atomic E-state index is -4.75. The Labute approximate surface area is 263 Å². The van der Waals surface area contributed by atoms with Gasteiger partial charge in [0.25, 0.3) is 0 Å². The Bertz CT molecular complexity index is 1880. The zero-order chi connectivity index (χ0) is 33.4. The second-order valence-corrected chi connectivity index (χ2v) is 13.5. The summed E-state index contributed by atoms with van der Waals surface area (Å²) in [7, 11) is -4.12. The van der Waals surface area contributed by atoms with Crippen molar-refractivity contribution < 1.29 is 41.0 Å². The molecule has 1 atom stereocenters. The number of aromatic nitrogens is 5. The summed E-state index contributed by atoms with van der Waals surface area (Å²) >= 11 is 0. The first kappa shape index (κ1) is 33.2. The minimum Gasteiger partial charge on any atom is -0.481 e. The molecule has 46 heavy (non-hydrogen) atoms. The number of hydrogen-bond acceptors (Lipinski definition) is 9. The lowest BCUT2D eigenvalue weighted by Crippen LogP contribution is -2.34. The summed E-state index contributed by atoms with van der Waals surface area (Å²) in [6, 6.07) is 6.00. The average molecular weight is 663 g/mol. The van der Waals surface area contributed by atoms with Crippen molar-refractivity contribution in [2.45, 2.75) is 57.7 Å². The quantitative estimate of drug-likeness (QED) is 0.315. The molecule has 0 amide bonds. The van der Waals surface area contributed by atoms with Crippen molar-refractivity contribution in [3.63, 3.8) is 0 Å². The van der Waals surface area contributed by atoms with E-state index in [4.69, 9.17) is 9.47 Å². The summed E-state index contributed by atoms with van der Waals surface area (Å²) in [6.45, 7) is 7.03. The van der Waals surface area contributed by atoms with Crippen LogP contribution in [0.1, 0.15) is 60.0 Å². The maximum atomic E-state index is 14.0. The molecule has 0 saturated carbocycles. The molecule has 0 aromatic carbocycles. The van der Waals surface area contributed by atoms with Gasteiger partial charge in [0.05, 0.1) is 12.0 Å². The molecule has 0 unspecified atom stereocenters. The Balaban J connectivity index is 1.61. The third-order valence-corrected chi connectivity index (χ3v) is 9.96. The Morgan fingerprint density at radius 1 is 1.11 bits per heavy atom. The van der Waals surface area contributed by atoms with Gasteiger partial charge in [0.2, 0.25) is 21.7 Å². The summed E-state index contributed by atoms with van der Waals surface area (Å²) < 4.78 is 81.9. The molecule has 0 bridgehead atoms. The topological polar surface area (TPSA) is 149 Å². The predicted molar refractivity (Wildman–Crippen MR) is 158 cm³/mol. The Kier molecular flexibility index (Phi) is 9.07. The smallest absolute Gasteiger partial charge is 0.452 e. The van der Waals surface area contributed by atoms with E-state index in [-0.39, 0.29) is 42.7 Å². The summed E-state index contributed by atoms with van der Waals surface area (Å²) in [5.41, 5.74) is 0.610.